The van der Waals surface area contributed by atoms with E-state index < -0.39 is 80.9 Å². The van der Waals surface area contributed by atoms with E-state index in [-0.39, 0.29) is 16.3 Å². The molecule has 0 saturated carbocycles. The molecule has 0 aliphatic rings. The Labute approximate surface area is 209 Å². The lowest BCUT2D eigenvalue weighted by Gasteiger charge is -2.36. The predicted octanol–water partition coefficient (Wildman–Crippen LogP) is 6.47. The molecule has 1 unspecified atom stereocenters. The average molecular weight is 619 g/mol. The van der Waals surface area contributed by atoms with E-state index in [2.05, 4.69) is 15.2 Å². The van der Waals surface area contributed by atoms with Crippen molar-refractivity contribution in [1.29, 1.82) is 0 Å². The minimum atomic E-state index is -7.77. The Morgan fingerprint density at radius 1 is 0.872 bits per heavy atom. The summed E-state index contributed by atoms with van der Waals surface area (Å²) in [4.78, 5) is -0.658. The molecular formula is C18H12F15N3O2S. The van der Waals surface area contributed by atoms with E-state index in [0.717, 1.165) is 14.0 Å². The van der Waals surface area contributed by atoms with Crippen LogP contribution in [0.15, 0.2) is 23.1 Å². The van der Waals surface area contributed by atoms with Gasteiger partial charge in [0.15, 0.2) is 0 Å². The molecule has 1 aromatic heterocycles. The minimum absolute atomic E-state index is 0.134. The van der Waals surface area contributed by atoms with E-state index in [0.29, 0.717) is 12.1 Å². The average Bonchev–Trinajstić information content (AvgIpc) is 3.12. The normalized spacial score (nSPS) is 14.9. The van der Waals surface area contributed by atoms with E-state index >= 15 is 0 Å². The maximum absolute atomic E-state index is 14.6. The van der Waals surface area contributed by atoms with Crippen molar-refractivity contribution in [3.05, 3.63) is 29.6 Å². The van der Waals surface area contributed by atoms with Crippen LogP contribution < -0.4 is 10.1 Å². The topological polar surface area (TPSA) is 56.1 Å². The maximum Gasteiger partial charge on any atom is 0.472 e. The Balaban J connectivity index is 2.56. The molecule has 0 spiro atoms. The Morgan fingerprint density at radius 2 is 1.41 bits per heavy atom. The van der Waals surface area contributed by atoms with Crippen LogP contribution in [0, 0.1) is 12.7 Å². The number of aryl methyl sites for hydroxylation is 1. The van der Waals surface area contributed by atoms with Gasteiger partial charge in [0, 0.05) is 18.0 Å². The van der Waals surface area contributed by atoms with Gasteiger partial charge in [-0.05, 0) is 24.6 Å². The van der Waals surface area contributed by atoms with Crippen LogP contribution in [0.1, 0.15) is 5.56 Å². The van der Waals surface area contributed by atoms with Crippen molar-refractivity contribution in [3.8, 4) is 11.6 Å². The first-order valence-electron chi connectivity index (χ1n) is 9.61. The third-order valence-corrected chi connectivity index (χ3v) is 6.22. The largest absolute Gasteiger partial charge is 0.472 e. The highest BCUT2D eigenvalue weighted by Crippen LogP contribution is 2.57. The van der Waals surface area contributed by atoms with Crippen molar-refractivity contribution < 1.29 is 74.8 Å². The highest BCUT2D eigenvalue weighted by molar-refractivity contribution is 7.85. The van der Waals surface area contributed by atoms with Gasteiger partial charge in [-0.3, -0.25) is 4.21 Å². The Hall–Kier alpha value is -2.87. The summed E-state index contributed by atoms with van der Waals surface area (Å²) in [6, 6.07) is 1.15. The van der Waals surface area contributed by atoms with Gasteiger partial charge in [0.2, 0.25) is 5.88 Å². The second-order valence-corrected chi connectivity index (χ2v) is 8.96. The third kappa shape index (κ3) is 5.86. The lowest BCUT2D eigenvalue weighted by atomic mass is 10.0. The van der Waals surface area contributed by atoms with Crippen molar-refractivity contribution in [2.75, 3.05) is 18.1 Å². The van der Waals surface area contributed by atoms with Crippen LogP contribution >= 0.6 is 0 Å². The number of hydrogen-bond donors (Lipinski definition) is 1. The molecule has 0 aliphatic heterocycles. The lowest BCUT2D eigenvalue weighted by molar-refractivity contribution is -0.445. The minimum Gasteiger partial charge on any atom is -0.408 e. The molecule has 222 valence electrons. The molecule has 2 aromatic rings. The van der Waals surface area contributed by atoms with Gasteiger partial charge in [0.1, 0.15) is 23.1 Å². The number of benzene rings is 1. The number of nitrogens with one attached hydrogen (secondary N) is 1. The van der Waals surface area contributed by atoms with Gasteiger partial charge in [0.05, 0.1) is 10.8 Å². The number of rotatable bonds is 9. The summed E-state index contributed by atoms with van der Waals surface area (Å²) in [6.45, 7) is 1.03. The summed E-state index contributed by atoms with van der Waals surface area (Å²) in [5, 5.41) is 5.10. The molecule has 21 heteroatoms. The smallest absolute Gasteiger partial charge is 0.408 e. The summed E-state index contributed by atoms with van der Waals surface area (Å²) >= 11 is 0. The van der Waals surface area contributed by atoms with E-state index in [4.69, 9.17) is 0 Å². The molecule has 5 nitrogen and oxygen atoms in total. The molecule has 0 bridgehead atoms. The molecule has 0 amide bonds. The van der Waals surface area contributed by atoms with Gasteiger partial charge in [-0.25, -0.2) is 9.07 Å². The highest BCUT2D eigenvalue weighted by atomic mass is 32.2. The zero-order valence-electron chi connectivity index (χ0n) is 18.7. The zero-order chi connectivity index (χ0) is 30.6. The van der Waals surface area contributed by atoms with Crippen molar-refractivity contribution in [1.82, 2.24) is 9.78 Å². The maximum atomic E-state index is 14.6. The second kappa shape index (κ2) is 9.95. The summed E-state index contributed by atoms with van der Waals surface area (Å²) in [7, 11) is -1.92. The van der Waals surface area contributed by atoms with Crippen molar-refractivity contribution >= 4 is 16.6 Å². The highest BCUT2D eigenvalue weighted by Gasteiger charge is 2.88. The number of alkyl halides is 14. The van der Waals surface area contributed by atoms with Crippen LogP contribution in [0.5, 0.6) is 5.88 Å². The fraction of sp³-hybridized carbons (Fsp3) is 0.500. The van der Waals surface area contributed by atoms with Crippen LogP contribution in [-0.4, -0.2) is 63.0 Å². The van der Waals surface area contributed by atoms with Crippen LogP contribution in [0.4, 0.5) is 71.7 Å². The van der Waals surface area contributed by atoms with Crippen molar-refractivity contribution in [2.45, 2.75) is 48.0 Å². The zero-order valence-corrected chi connectivity index (χ0v) is 19.5. The van der Waals surface area contributed by atoms with Gasteiger partial charge >= 0.3 is 36.2 Å². The Bertz CT molecular complexity index is 1240. The summed E-state index contributed by atoms with van der Waals surface area (Å²) in [5.74, 6) is -28.9. The van der Waals surface area contributed by atoms with Gasteiger partial charge in [-0.2, -0.15) is 61.5 Å². The molecule has 1 atom stereocenters. The standard InChI is InChI=1S/C18H12F15N3O2S/c1-7-3-8(19)9(4-10(7)39(37)6-13(20,21)22)36-11(34-2)5-12(35-36)38-18(32,33)16(27,28)14(23,24)15(25,26)17(29,30)31/h3-5,34H,6H2,1-2H3. The quantitative estimate of drug-likeness (QED) is 0.327. The number of anilines is 1. The number of ether oxygens (including phenoxy) is 1. The molecule has 2 rings (SSSR count). The number of aromatic nitrogens is 2. The number of nitrogens with zero attached hydrogens (tertiary/aromatic N) is 2. The fourth-order valence-corrected chi connectivity index (χ4v) is 3.91. The first-order chi connectivity index (χ1) is 17.3. The first kappa shape index (κ1) is 32.3. The monoisotopic (exact) mass is 619 g/mol. The van der Waals surface area contributed by atoms with Gasteiger partial charge < -0.3 is 10.1 Å². The van der Waals surface area contributed by atoms with Crippen molar-refractivity contribution in [3.63, 3.8) is 0 Å². The molecular weight excluding hydrogens is 607 g/mol. The number of halogens is 15. The fourth-order valence-electron chi connectivity index (χ4n) is 2.80. The van der Waals surface area contributed by atoms with Crippen molar-refractivity contribution in [2.24, 2.45) is 0 Å². The Kier molecular flexibility index (Phi) is 8.25. The molecule has 1 aromatic carbocycles. The molecule has 0 radical (unpaired) electrons. The first-order valence-corrected chi connectivity index (χ1v) is 10.9. The predicted molar refractivity (Wildman–Crippen MR) is 102 cm³/mol. The van der Waals surface area contributed by atoms with E-state index in [1.807, 2.05) is 0 Å². The summed E-state index contributed by atoms with van der Waals surface area (Å²) in [6.07, 6.45) is -19.2. The van der Waals surface area contributed by atoms with Crippen LogP contribution in [0.3, 0.4) is 0 Å². The van der Waals surface area contributed by atoms with Gasteiger partial charge in [0.25, 0.3) is 0 Å². The van der Waals surface area contributed by atoms with Gasteiger partial charge in [-0.1, -0.05) is 0 Å². The molecule has 39 heavy (non-hydrogen) atoms. The molecule has 0 aliphatic carbocycles. The van der Waals surface area contributed by atoms with Gasteiger partial charge in [-0.15, -0.1) is 5.10 Å². The summed E-state index contributed by atoms with van der Waals surface area (Å²) < 4.78 is 213. The van der Waals surface area contributed by atoms with E-state index in [9.17, 15) is 70.1 Å². The van der Waals surface area contributed by atoms with E-state index in [1.54, 1.807) is 0 Å². The Morgan fingerprint density at radius 3 is 1.87 bits per heavy atom. The third-order valence-electron chi connectivity index (χ3n) is 4.70. The SMILES string of the molecule is CNc1cc(OC(F)(F)C(F)(F)C(F)(F)C(F)(F)C(F)(F)F)nn1-c1cc(S(=O)CC(F)(F)F)c(C)cc1F. The molecule has 1 N–H and O–H groups in total. The number of hydrogen-bond acceptors (Lipinski definition) is 4. The molecule has 1 heterocycles. The molecule has 0 fully saturated rings. The second-order valence-electron chi connectivity index (χ2n) is 7.54. The van der Waals surface area contributed by atoms with Crippen LogP contribution in [0.25, 0.3) is 5.69 Å². The summed E-state index contributed by atoms with van der Waals surface area (Å²) in [5.41, 5.74) is -1.28. The molecule has 0 saturated heterocycles. The van der Waals surface area contributed by atoms with E-state index in [1.165, 1.54) is 0 Å². The van der Waals surface area contributed by atoms with Crippen LogP contribution in [-0.2, 0) is 10.8 Å². The van der Waals surface area contributed by atoms with Crippen LogP contribution in [0.2, 0.25) is 0 Å². The lowest BCUT2D eigenvalue weighted by Crippen LogP contribution is -2.67.